The van der Waals surface area contributed by atoms with E-state index in [1.807, 2.05) is 6.20 Å². The number of aromatic nitrogens is 1. The van der Waals surface area contributed by atoms with Gasteiger partial charge in [-0.25, -0.2) is 4.98 Å². The summed E-state index contributed by atoms with van der Waals surface area (Å²) < 4.78 is 0. The first-order chi connectivity index (χ1) is 14.4. The number of pyridine rings is 1. The van der Waals surface area contributed by atoms with E-state index < -0.39 is 0 Å². The molecule has 0 amide bonds. The van der Waals surface area contributed by atoms with E-state index in [1.54, 1.807) is 0 Å². The number of hydrogen-bond donors (Lipinski definition) is 0. The van der Waals surface area contributed by atoms with Gasteiger partial charge < -0.3 is 9.80 Å². The SMILES string of the molecule is C=CC1C(C)c2ccccc2N2c3ncc4ccccc4c3N(C(C)C)C2C1(C)C. The maximum Gasteiger partial charge on any atom is 0.159 e. The number of allylic oxidation sites excluding steroid dienone is 1. The van der Waals surface area contributed by atoms with Crippen molar-refractivity contribution in [2.75, 3.05) is 9.80 Å². The molecular formula is C27H31N3. The second-order valence-electron chi connectivity index (χ2n) is 9.69. The number of rotatable bonds is 2. The maximum atomic E-state index is 5.04. The fourth-order valence-corrected chi connectivity index (χ4v) is 6.02. The first-order valence-electron chi connectivity index (χ1n) is 11.0. The molecule has 154 valence electrons. The molecule has 2 aromatic carbocycles. The predicted molar refractivity (Wildman–Crippen MR) is 128 cm³/mol. The molecule has 1 aromatic heterocycles. The van der Waals surface area contributed by atoms with Crippen molar-refractivity contribution in [2.24, 2.45) is 11.3 Å². The van der Waals surface area contributed by atoms with Crippen molar-refractivity contribution in [2.45, 2.75) is 52.7 Å². The van der Waals surface area contributed by atoms with E-state index in [1.165, 1.54) is 27.7 Å². The highest BCUT2D eigenvalue weighted by molar-refractivity contribution is 6.03. The van der Waals surface area contributed by atoms with Crippen molar-refractivity contribution in [3.05, 3.63) is 72.9 Å². The Hall–Kier alpha value is -2.81. The molecule has 3 unspecified atom stereocenters. The van der Waals surface area contributed by atoms with Crippen LogP contribution in [0.2, 0.25) is 0 Å². The molecule has 3 atom stereocenters. The molecule has 0 bridgehead atoms. The summed E-state index contributed by atoms with van der Waals surface area (Å²) in [5.74, 6) is 1.80. The van der Waals surface area contributed by atoms with Crippen LogP contribution in [0.15, 0.2) is 67.4 Å². The van der Waals surface area contributed by atoms with Crippen molar-refractivity contribution in [1.29, 1.82) is 0 Å². The van der Waals surface area contributed by atoms with Crippen LogP contribution in [0.4, 0.5) is 17.2 Å². The lowest BCUT2D eigenvalue weighted by Crippen LogP contribution is -2.55. The molecule has 0 radical (unpaired) electrons. The summed E-state index contributed by atoms with van der Waals surface area (Å²) >= 11 is 0. The van der Waals surface area contributed by atoms with Gasteiger partial charge in [-0.1, -0.05) is 69.3 Å². The Morgan fingerprint density at radius 1 is 1.07 bits per heavy atom. The van der Waals surface area contributed by atoms with Crippen molar-refractivity contribution in [1.82, 2.24) is 4.98 Å². The Morgan fingerprint density at radius 3 is 2.50 bits per heavy atom. The van der Waals surface area contributed by atoms with E-state index in [4.69, 9.17) is 4.98 Å². The molecule has 3 heterocycles. The van der Waals surface area contributed by atoms with Gasteiger partial charge in [0.05, 0.1) is 5.69 Å². The smallest absolute Gasteiger partial charge is 0.159 e. The van der Waals surface area contributed by atoms with E-state index in [2.05, 4.69) is 106 Å². The van der Waals surface area contributed by atoms with Gasteiger partial charge in [0, 0.05) is 34.1 Å². The summed E-state index contributed by atoms with van der Waals surface area (Å²) in [6.07, 6.45) is 4.38. The summed E-state index contributed by atoms with van der Waals surface area (Å²) in [6.45, 7) is 16.0. The first kappa shape index (κ1) is 19.2. The second-order valence-corrected chi connectivity index (χ2v) is 9.69. The molecule has 0 saturated carbocycles. The minimum Gasteiger partial charge on any atom is -0.344 e. The molecule has 0 saturated heterocycles. The van der Waals surface area contributed by atoms with Crippen LogP contribution in [0, 0.1) is 11.3 Å². The van der Waals surface area contributed by atoms with Gasteiger partial charge in [0.15, 0.2) is 5.82 Å². The van der Waals surface area contributed by atoms with E-state index in [0.717, 1.165) is 5.82 Å². The van der Waals surface area contributed by atoms with Crippen LogP contribution in [0.3, 0.4) is 0 Å². The van der Waals surface area contributed by atoms with Crippen LogP contribution < -0.4 is 9.80 Å². The zero-order valence-corrected chi connectivity index (χ0v) is 18.6. The molecular weight excluding hydrogens is 366 g/mol. The molecule has 0 spiro atoms. The average Bonchev–Trinajstić information content (AvgIpc) is 3.07. The molecule has 30 heavy (non-hydrogen) atoms. The summed E-state index contributed by atoms with van der Waals surface area (Å²) in [6, 6.07) is 17.9. The Bertz CT molecular complexity index is 1130. The summed E-state index contributed by atoms with van der Waals surface area (Å²) in [7, 11) is 0. The minimum absolute atomic E-state index is 0.0355. The van der Waals surface area contributed by atoms with Gasteiger partial charge in [0.1, 0.15) is 6.17 Å². The number of benzene rings is 2. The normalized spacial score (nSPS) is 24.4. The topological polar surface area (TPSA) is 19.4 Å². The van der Waals surface area contributed by atoms with Gasteiger partial charge in [-0.2, -0.15) is 0 Å². The van der Waals surface area contributed by atoms with Gasteiger partial charge in [0.2, 0.25) is 0 Å². The third-order valence-corrected chi connectivity index (χ3v) is 7.31. The van der Waals surface area contributed by atoms with Crippen LogP contribution in [0.5, 0.6) is 0 Å². The van der Waals surface area contributed by atoms with E-state index >= 15 is 0 Å². The highest BCUT2D eigenvalue weighted by Gasteiger charge is 2.54. The van der Waals surface area contributed by atoms with E-state index in [0.29, 0.717) is 17.9 Å². The molecule has 3 nitrogen and oxygen atoms in total. The van der Waals surface area contributed by atoms with Gasteiger partial charge >= 0.3 is 0 Å². The van der Waals surface area contributed by atoms with Crippen LogP contribution in [0.25, 0.3) is 10.8 Å². The highest BCUT2D eigenvalue weighted by Crippen LogP contribution is 2.58. The number of fused-ring (bicyclic) bond motifs is 7. The molecule has 3 heteroatoms. The molecule has 3 aromatic rings. The molecule has 2 aliphatic heterocycles. The Labute approximate surface area is 180 Å². The largest absolute Gasteiger partial charge is 0.344 e. The van der Waals surface area contributed by atoms with Gasteiger partial charge in [-0.05, 0) is 37.3 Å². The number of anilines is 3. The monoisotopic (exact) mass is 397 g/mol. The average molecular weight is 398 g/mol. The second kappa shape index (κ2) is 6.60. The summed E-state index contributed by atoms with van der Waals surface area (Å²) in [4.78, 5) is 10.2. The van der Waals surface area contributed by atoms with Crippen molar-refractivity contribution < 1.29 is 0 Å². The Kier molecular flexibility index (Phi) is 4.22. The fourth-order valence-electron chi connectivity index (χ4n) is 6.02. The van der Waals surface area contributed by atoms with Gasteiger partial charge in [0.25, 0.3) is 0 Å². The van der Waals surface area contributed by atoms with Crippen molar-refractivity contribution in [3.63, 3.8) is 0 Å². The van der Waals surface area contributed by atoms with E-state index in [-0.39, 0.29) is 11.6 Å². The fraction of sp³-hybridized carbons (Fsp3) is 0.370. The van der Waals surface area contributed by atoms with Crippen LogP contribution in [-0.4, -0.2) is 17.2 Å². The maximum absolute atomic E-state index is 5.04. The highest BCUT2D eigenvalue weighted by atomic mass is 15.5. The van der Waals surface area contributed by atoms with Crippen LogP contribution in [0.1, 0.15) is 46.1 Å². The number of nitrogens with zero attached hydrogens (tertiary/aromatic N) is 3. The number of hydrogen-bond acceptors (Lipinski definition) is 3. The Morgan fingerprint density at radius 2 is 1.77 bits per heavy atom. The van der Waals surface area contributed by atoms with Gasteiger partial charge in [-0.15, -0.1) is 6.58 Å². The van der Waals surface area contributed by atoms with Crippen molar-refractivity contribution in [3.8, 4) is 0 Å². The third kappa shape index (κ3) is 2.41. The molecule has 0 fully saturated rings. The lowest BCUT2D eigenvalue weighted by molar-refractivity contribution is 0.183. The van der Waals surface area contributed by atoms with Crippen LogP contribution >= 0.6 is 0 Å². The van der Waals surface area contributed by atoms with E-state index in [9.17, 15) is 0 Å². The Balaban J connectivity index is 1.89. The lowest BCUT2D eigenvalue weighted by atomic mass is 9.69. The minimum atomic E-state index is -0.0355. The van der Waals surface area contributed by atoms with Crippen LogP contribution in [-0.2, 0) is 0 Å². The van der Waals surface area contributed by atoms with Crippen molar-refractivity contribution >= 4 is 28.0 Å². The third-order valence-electron chi connectivity index (χ3n) is 7.31. The summed E-state index contributed by atoms with van der Waals surface area (Å²) in [5.41, 5.74) is 3.88. The number of para-hydroxylation sites is 1. The zero-order valence-electron chi connectivity index (χ0n) is 18.6. The summed E-state index contributed by atoms with van der Waals surface area (Å²) in [5, 5.41) is 2.47. The standard InChI is InChI=1S/C27H31N3/c1-7-22-18(4)20-13-10-11-15-23(20)30-25-24(21-14-9-8-12-19(21)16-28-25)29(17(2)3)26(30)27(22,5)6/h7-18,22,26H,1H2,2-6H3. The molecule has 5 rings (SSSR count). The molecule has 0 aliphatic carbocycles. The first-order valence-corrected chi connectivity index (χ1v) is 11.0. The quantitative estimate of drug-likeness (QED) is 0.440. The molecule has 0 N–H and O–H groups in total. The lowest BCUT2D eigenvalue weighted by Gasteiger charge is -2.47. The predicted octanol–water partition coefficient (Wildman–Crippen LogP) is 6.87. The zero-order chi connectivity index (χ0) is 21.2. The molecule has 2 aliphatic rings. The van der Waals surface area contributed by atoms with Gasteiger partial charge in [-0.3, -0.25) is 0 Å².